The molecule has 0 bridgehead atoms. The number of carbonyl (C=O) groups is 3. The summed E-state index contributed by atoms with van der Waals surface area (Å²) in [6.07, 6.45) is 1.66. The summed E-state index contributed by atoms with van der Waals surface area (Å²) in [5.74, 6) is -0.183. The van der Waals surface area contributed by atoms with Crippen molar-refractivity contribution in [1.82, 2.24) is 9.80 Å². The molecule has 2 aliphatic rings. The molecule has 2 heterocycles. The summed E-state index contributed by atoms with van der Waals surface area (Å²) in [6.45, 7) is 2.76. The fourth-order valence-electron chi connectivity index (χ4n) is 3.70. The van der Waals surface area contributed by atoms with Crippen LogP contribution in [-0.4, -0.2) is 60.7 Å². The van der Waals surface area contributed by atoms with Crippen molar-refractivity contribution in [3.63, 3.8) is 0 Å². The third-order valence-corrected chi connectivity index (χ3v) is 5.24. The first-order valence-corrected chi connectivity index (χ1v) is 9.16. The Labute approximate surface area is 158 Å². The topological polar surface area (TPSA) is 60.9 Å². The average Bonchev–Trinajstić information content (AvgIpc) is 3.17. The summed E-state index contributed by atoms with van der Waals surface area (Å²) in [5.41, 5.74) is 3.15. The van der Waals surface area contributed by atoms with Crippen molar-refractivity contribution in [2.24, 2.45) is 0 Å². The van der Waals surface area contributed by atoms with Crippen molar-refractivity contribution < 1.29 is 14.4 Å². The van der Waals surface area contributed by atoms with Crippen molar-refractivity contribution in [3.8, 4) is 0 Å². The highest BCUT2D eigenvalue weighted by molar-refractivity contribution is 6.08. The van der Waals surface area contributed by atoms with Crippen molar-refractivity contribution in [1.29, 1.82) is 0 Å². The summed E-state index contributed by atoms with van der Waals surface area (Å²) in [7, 11) is 0. The lowest BCUT2D eigenvalue weighted by Gasteiger charge is -2.32. The molecule has 0 aromatic heterocycles. The average molecular weight is 363 g/mol. The Morgan fingerprint density at radius 3 is 2.26 bits per heavy atom. The second-order valence-electron chi connectivity index (χ2n) is 6.85. The van der Waals surface area contributed by atoms with E-state index in [1.165, 1.54) is 5.56 Å². The Morgan fingerprint density at radius 1 is 0.815 bits per heavy atom. The third-order valence-electron chi connectivity index (χ3n) is 5.24. The largest absolute Gasteiger partial charge is 0.342 e. The second kappa shape index (κ2) is 7.23. The molecule has 2 aliphatic heterocycles. The standard InChI is InChI=1S/C21H21N3O3/c25-15-22-10-12-23(13-11-22)20(26)17-5-3-6-18(14-17)21(27)24-9-8-16-4-1-2-7-19(16)24/h1-7,14-15H,8-13H2. The summed E-state index contributed by atoms with van der Waals surface area (Å²) in [4.78, 5) is 41.8. The van der Waals surface area contributed by atoms with E-state index in [0.29, 0.717) is 43.9 Å². The molecule has 0 radical (unpaired) electrons. The minimum absolute atomic E-state index is 0.0830. The Balaban J connectivity index is 1.52. The van der Waals surface area contributed by atoms with Gasteiger partial charge in [0, 0.05) is 49.5 Å². The highest BCUT2D eigenvalue weighted by Gasteiger charge is 2.26. The molecule has 0 saturated carbocycles. The molecule has 6 heteroatoms. The Hall–Kier alpha value is -3.15. The van der Waals surface area contributed by atoms with Crippen LogP contribution >= 0.6 is 0 Å². The molecule has 3 amide bonds. The third kappa shape index (κ3) is 3.30. The highest BCUT2D eigenvalue weighted by Crippen LogP contribution is 2.29. The predicted molar refractivity (Wildman–Crippen MR) is 102 cm³/mol. The van der Waals surface area contributed by atoms with Gasteiger partial charge in [-0.3, -0.25) is 14.4 Å². The van der Waals surface area contributed by atoms with Crippen molar-refractivity contribution in [2.75, 3.05) is 37.6 Å². The van der Waals surface area contributed by atoms with Crippen LogP contribution in [0.5, 0.6) is 0 Å². The van der Waals surface area contributed by atoms with Crippen molar-refractivity contribution in [3.05, 3.63) is 65.2 Å². The number of nitrogens with zero attached hydrogens (tertiary/aromatic N) is 3. The first-order valence-electron chi connectivity index (χ1n) is 9.16. The van der Waals surface area contributed by atoms with E-state index in [0.717, 1.165) is 18.5 Å². The Kier molecular flexibility index (Phi) is 4.62. The van der Waals surface area contributed by atoms with Gasteiger partial charge < -0.3 is 14.7 Å². The summed E-state index contributed by atoms with van der Waals surface area (Å²) < 4.78 is 0. The maximum absolute atomic E-state index is 13.0. The molecule has 0 unspecified atom stereocenters. The molecular formula is C21H21N3O3. The smallest absolute Gasteiger partial charge is 0.258 e. The van der Waals surface area contributed by atoms with Crippen LogP contribution in [0.3, 0.4) is 0 Å². The molecule has 0 N–H and O–H groups in total. The van der Waals surface area contributed by atoms with Crippen LogP contribution in [0.15, 0.2) is 48.5 Å². The van der Waals surface area contributed by atoms with E-state index in [2.05, 4.69) is 0 Å². The lowest BCUT2D eigenvalue weighted by atomic mass is 10.1. The molecule has 2 aromatic rings. The molecule has 6 nitrogen and oxygen atoms in total. The number of rotatable bonds is 3. The first kappa shape index (κ1) is 17.3. The number of amides is 3. The van der Waals surface area contributed by atoms with E-state index in [1.807, 2.05) is 24.3 Å². The van der Waals surface area contributed by atoms with Gasteiger partial charge in [-0.1, -0.05) is 24.3 Å². The number of fused-ring (bicyclic) bond motifs is 1. The number of hydrogen-bond donors (Lipinski definition) is 0. The number of anilines is 1. The molecule has 0 aliphatic carbocycles. The molecule has 138 valence electrons. The van der Waals surface area contributed by atoms with Gasteiger partial charge in [-0.2, -0.15) is 0 Å². The summed E-state index contributed by atoms with van der Waals surface area (Å²) >= 11 is 0. The van der Waals surface area contributed by atoms with E-state index >= 15 is 0 Å². The van der Waals surface area contributed by atoms with Gasteiger partial charge in [-0.15, -0.1) is 0 Å². The summed E-state index contributed by atoms with van der Waals surface area (Å²) in [6, 6.07) is 14.8. The van der Waals surface area contributed by atoms with Gasteiger partial charge in [0.15, 0.2) is 0 Å². The fourth-order valence-corrected chi connectivity index (χ4v) is 3.70. The SMILES string of the molecule is O=CN1CCN(C(=O)c2cccc(C(=O)N3CCc4ccccc43)c2)CC1. The lowest BCUT2D eigenvalue weighted by Crippen LogP contribution is -2.48. The van der Waals surface area contributed by atoms with Crippen LogP contribution in [-0.2, 0) is 11.2 Å². The zero-order valence-corrected chi connectivity index (χ0v) is 15.0. The Bertz CT molecular complexity index is 888. The van der Waals surface area contributed by atoms with Crippen LogP contribution in [0.2, 0.25) is 0 Å². The molecule has 4 rings (SSSR count). The normalized spacial score (nSPS) is 16.2. The van der Waals surface area contributed by atoms with Crippen LogP contribution in [0.1, 0.15) is 26.3 Å². The van der Waals surface area contributed by atoms with Gasteiger partial charge in [0.2, 0.25) is 6.41 Å². The number of para-hydroxylation sites is 1. The number of carbonyl (C=O) groups excluding carboxylic acids is 3. The van der Waals surface area contributed by atoms with Crippen molar-refractivity contribution in [2.45, 2.75) is 6.42 Å². The van der Waals surface area contributed by atoms with E-state index in [-0.39, 0.29) is 11.8 Å². The fraction of sp³-hybridized carbons (Fsp3) is 0.286. The van der Waals surface area contributed by atoms with Crippen LogP contribution in [0.25, 0.3) is 0 Å². The van der Waals surface area contributed by atoms with Gasteiger partial charge in [0.1, 0.15) is 0 Å². The minimum Gasteiger partial charge on any atom is -0.342 e. The first-order chi connectivity index (χ1) is 13.2. The minimum atomic E-state index is -0.1000. The number of benzene rings is 2. The summed E-state index contributed by atoms with van der Waals surface area (Å²) in [5, 5.41) is 0. The van der Waals surface area contributed by atoms with Crippen LogP contribution in [0, 0.1) is 0 Å². The molecule has 1 fully saturated rings. The molecule has 0 atom stereocenters. The monoisotopic (exact) mass is 363 g/mol. The van der Waals surface area contributed by atoms with Gasteiger partial charge in [0.05, 0.1) is 0 Å². The number of piperazine rings is 1. The van der Waals surface area contributed by atoms with Gasteiger partial charge in [-0.05, 0) is 36.2 Å². The second-order valence-corrected chi connectivity index (χ2v) is 6.85. The van der Waals surface area contributed by atoms with E-state index in [4.69, 9.17) is 0 Å². The predicted octanol–water partition coefficient (Wildman–Crippen LogP) is 1.80. The molecule has 1 saturated heterocycles. The van der Waals surface area contributed by atoms with Gasteiger partial charge in [-0.25, -0.2) is 0 Å². The van der Waals surface area contributed by atoms with Crippen LogP contribution in [0.4, 0.5) is 5.69 Å². The van der Waals surface area contributed by atoms with E-state index in [9.17, 15) is 14.4 Å². The zero-order valence-electron chi connectivity index (χ0n) is 15.0. The maximum Gasteiger partial charge on any atom is 0.258 e. The highest BCUT2D eigenvalue weighted by atomic mass is 16.2. The number of hydrogen-bond acceptors (Lipinski definition) is 3. The molecular weight excluding hydrogens is 342 g/mol. The van der Waals surface area contributed by atoms with Gasteiger partial charge in [0.25, 0.3) is 11.8 Å². The van der Waals surface area contributed by atoms with Crippen molar-refractivity contribution >= 4 is 23.9 Å². The van der Waals surface area contributed by atoms with E-state index in [1.54, 1.807) is 39.0 Å². The zero-order chi connectivity index (χ0) is 18.8. The van der Waals surface area contributed by atoms with Crippen LogP contribution < -0.4 is 4.90 Å². The molecule has 2 aromatic carbocycles. The molecule has 27 heavy (non-hydrogen) atoms. The Morgan fingerprint density at radius 2 is 1.52 bits per heavy atom. The van der Waals surface area contributed by atoms with E-state index < -0.39 is 0 Å². The quantitative estimate of drug-likeness (QED) is 0.782. The maximum atomic E-state index is 13.0. The van der Waals surface area contributed by atoms with Gasteiger partial charge >= 0.3 is 0 Å². The molecule has 0 spiro atoms. The lowest BCUT2D eigenvalue weighted by molar-refractivity contribution is -0.119.